The number of hydrogen-bond donors (Lipinski definition) is 2. The monoisotopic (exact) mass is 561 g/mol. The molecule has 31 heavy (non-hydrogen) atoms. The summed E-state index contributed by atoms with van der Waals surface area (Å²) in [6.07, 6.45) is 7.47. The van der Waals surface area contributed by atoms with E-state index in [9.17, 15) is 0 Å². The van der Waals surface area contributed by atoms with Crippen molar-refractivity contribution in [1.82, 2.24) is 10.6 Å². The average molecular weight is 562 g/mol. The van der Waals surface area contributed by atoms with Crippen LogP contribution in [0.1, 0.15) is 63.5 Å². The van der Waals surface area contributed by atoms with Gasteiger partial charge in [-0.15, -0.1) is 24.0 Å². The highest BCUT2D eigenvalue weighted by atomic mass is 127. The van der Waals surface area contributed by atoms with Crippen molar-refractivity contribution < 1.29 is 9.47 Å². The molecule has 0 bridgehead atoms. The Balaban J connectivity index is 0.00000341. The fourth-order valence-corrected chi connectivity index (χ4v) is 5.39. The summed E-state index contributed by atoms with van der Waals surface area (Å²) in [4.78, 5) is 4.87. The van der Waals surface area contributed by atoms with Gasteiger partial charge in [0.25, 0.3) is 0 Å². The molecule has 2 atom stereocenters. The van der Waals surface area contributed by atoms with Gasteiger partial charge in [0.05, 0.1) is 19.3 Å². The molecular weight excluding hydrogens is 521 g/mol. The molecule has 0 radical (unpaired) electrons. The van der Waals surface area contributed by atoms with Gasteiger partial charge in [0.2, 0.25) is 0 Å². The largest absolute Gasteiger partial charge is 0.381 e. The van der Waals surface area contributed by atoms with E-state index < -0.39 is 0 Å². The zero-order valence-corrected chi connectivity index (χ0v) is 22.3. The first-order valence-electron chi connectivity index (χ1n) is 11.7. The second kappa shape index (κ2) is 15.3. The van der Waals surface area contributed by atoms with Crippen LogP contribution >= 0.6 is 35.7 Å². The highest BCUT2D eigenvalue weighted by Gasteiger charge is 2.22. The lowest BCUT2D eigenvalue weighted by Gasteiger charge is -2.30. The number of halogens is 1. The lowest BCUT2D eigenvalue weighted by Crippen LogP contribution is -2.45. The van der Waals surface area contributed by atoms with Crippen LogP contribution in [-0.4, -0.2) is 48.9 Å². The van der Waals surface area contributed by atoms with Crippen LogP contribution in [0.5, 0.6) is 0 Å². The van der Waals surface area contributed by atoms with E-state index in [-0.39, 0.29) is 24.0 Å². The molecule has 7 heteroatoms. The van der Waals surface area contributed by atoms with Gasteiger partial charge in [-0.3, -0.25) is 0 Å². The van der Waals surface area contributed by atoms with Crippen LogP contribution in [0.4, 0.5) is 0 Å². The molecule has 1 aromatic carbocycles. The molecule has 2 aliphatic rings. The molecule has 2 N–H and O–H groups in total. The Morgan fingerprint density at radius 3 is 2.74 bits per heavy atom. The number of nitrogens with zero attached hydrogens (tertiary/aromatic N) is 1. The molecule has 1 saturated carbocycles. The highest BCUT2D eigenvalue weighted by molar-refractivity contribution is 14.0. The van der Waals surface area contributed by atoms with Gasteiger partial charge in [0.1, 0.15) is 0 Å². The summed E-state index contributed by atoms with van der Waals surface area (Å²) in [7, 11) is 0. The van der Waals surface area contributed by atoms with E-state index in [1.54, 1.807) is 0 Å². The van der Waals surface area contributed by atoms with Crippen molar-refractivity contribution in [2.24, 2.45) is 4.99 Å². The first-order chi connectivity index (χ1) is 14.8. The number of ether oxygens (including phenoxy) is 2. The minimum absolute atomic E-state index is 0. The molecular formula is C24H40IN3O2S. The summed E-state index contributed by atoms with van der Waals surface area (Å²) in [6, 6.07) is 9.16. The van der Waals surface area contributed by atoms with Crippen molar-refractivity contribution in [3.05, 3.63) is 35.4 Å². The van der Waals surface area contributed by atoms with E-state index in [1.165, 1.54) is 42.6 Å². The fraction of sp³-hybridized carbons (Fsp3) is 0.708. The molecule has 2 unspecified atom stereocenters. The van der Waals surface area contributed by atoms with Gasteiger partial charge in [-0.05, 0) is 55.9 Å². The number of rotatable bonds is 9. The molecule has 0 spiro atoms. The fourth-order valence-electron chi connectivity index (χ4n) is 4.22. The standard InChI is InChI=1S/C24H39N3O2S.HI/c1-3-25-24(27-21-9-6-10-23(16-21)30-4-2)26-17-19-7-5-8-20(15-19)18-29-22-11-13-28-14-12-22;/h5,7-8,15,21-23H,3-4,6,9-14,16-18H2,1-2H3,(H2,25,26,27);1H. The lowest BCUT2D eigenvalue weighted by molar-refractivity contribution is -0.0390. The summed E-state index contributed by atoms with van der Waals surface area (Å²) in [5.41, 5.74) is 2.45. The topological polar surface area (TPSA) is 54.9 Å². The SMILES string of the molecule is CCNC(=NCc1cccc(COC2CCOCC2)c1)NC1CCCC(SCC)C1.I. The number of aliphatic imine (C=N–C) groups is 1. The summed E-state index contributed by atoms with van der Waals surface area (Å²) in [5, 5.41) is 7.90. The molecule has 3 rings (SSSR count). The molecule has 1 saturated heterocycles. The Labute approximate surface area is 209 Å². The normalized spacial score (nSPS) is 22.6. The first-order valence-corrected chi connectivity index (χ1v) is 12.7. The maximum absolute atomic E-state index is 6.08. The first kappa shape index (κ1) is 26.7. The van der Waals surface area contributed by atoms with E-state index >= 15 is 0 Å². The minimum Gasteiger partial charge on any atom is -0.381 e. The second-order valence-corrected chi connectivity index (χ2v) is 9.80. The van der Waals surface area contributed by atoms with Crippen molar-refractivity contribution in [2.45, 2.75) is 82.9 Å². The molecule has 0 amide bonds. The smallest absolute Gasteiger partial charge is 0.191 e. The van der Waals surface area contributed by atoms with Crippen LogP contribution in [0.25, 0.3) is 0 Å². The van der Waals surface area contributed by atoms with Gasteiger partial charge in [-0.2, -0.15) is 11.8 Å². The Kier molecular flexibility index (Phi) is 13.2. The van der Waals surface area contributed by atoms with E-state index in [0.29, 0.717) is 25.3 Å². The van der Waals surface area contributed by atoms with E-state index in [1.807, 2.05) is 0 Å². The van der Waals surface area contributed by atoms with Gasteiger partial charge < -0.3 is 20.1 Å². The summed E-state index contributed by atoms with van der Waals surface area (Å²) in [6.45, 7) is 8.25. The Hall–Kier alpha value is -0.510. The Morgan fingerprint density at radius 1 is 1.16 bits per heavy atom. The maximum Gasteiger partial charge on any atom is 0.191 e. The van der Waals surface area contributed by atoms with Crippen LogP contribution in [0.3, 0.4) is 0 Å². The zero-order valence-electron chi connectivity index (χ0n) is 19.1. The van der Waals surface area contributed by atoms with Crippen molar-refractivity contribution in [3.8, 4) is 0 Å². The number of hydrogen-bond acceptors (Lipinski definition) is 4. The zero-order chi connectivity index (χ0) is 21.0. The highest BCUT2D eigenvalue weighted by Crippen LogP contribution is 2.28. The number of nitrogens with one attached hydrogen (secondary N) is 2. The maximum atomic E-state index is 6.08. The van der Waals surface area contributed by atoms with E-state index in [2.05, 4.69) is 60.5 Å². The molecule has 5 nitrogen and oxygen atoms in total. The van der Waals surface area contributed by atoms with Crippen LogP contribution in [0, 0.1) is 0 Å². The quantitative estimate of drug-likeness (QED) is 0.249. The van der Waals surface area contributed by atoms with E-state index in [0.717, 1.165) is 43.8 Å². The Bertz CT molecular complexity index is 653. The van der Waals surface area contributed by atoms with Crippen LogP contribution < -0.4 is 10.6 Å². The van der Waals surface area contributed by atoms with Crippen molar-refractivity contribution in [3.63, 3.8) is 0 Å². The van der Waals surface area contributed by atoms with Crippen molar-refractivity contribution >= 4 is 41.7 Å². The predicted octanol–water partition coefficient (Wildman–Crippen LogP) is 5.12. The molecule has 0 aromatic heterocycles. The van der Waals surface area contributed by atoms with Gasteiger partial charge in [0, 0.05) is 31.1 Å². The van der Waals surface area contributed by atoms with Gasteiger partial charge >= 0.3 is 0 Å². The number of benzene rings is 1. The van der Waals surface area contributed by atoms with Crippen molar-refractivity contribution in [1.29, 1.82) is 0 Å². The summed E-state index contributed by atoms with van der Waals surface area (Å²) >= 11 is 2.10. The minimum atomic E-state index is 0. The second-order valence-electron chi connectivity index (χ2n) is 8.22. The number of guanidine groups is 1. The van der Waals surface area contributed by atoms with Gasteiger partial charge in [0.15, 0.2) is 5.96 Å². The molecule has 1 heterocycles. The van der Waals surface area contributed by atoms with Gasteiger partial charge in [-0.1, -0.05) is 37.6 Å². The summed E-state index contributed by atoms with van der Waals surface area (Å²) < 4.78 is 11.5. The third-order valence-electron chi connectivity index (χ3n) is 5.78. The van der Waals surface area contributed by atoms with Crippen LogP contribution in [0.2, 0.25) is 0 Å². The predicted molar refractivity (Wildman–Crippen MR) is 143 cm³/mol. The Morgan fingerprint density at radius 2 is 1.97 bits per heavy atom. The third kappa shape index (κ3) is 9.88. The lowest BCUT2D eigenvalue weighted by atomic mass is 9.95. The molecule has 1 aliphatic carbocycles. The van der Waals surface area contributed by atoms with E-state index in [4.69, 9.17) is 14.5 Å². The molecule has 1 aliphatic heterocycles. The van der Waals surface area contributed by atoms with Gasteiger partial charge in [-0.25, -0.2) is 4.99 Å². The molecule has 1 aromatic rings. The summed E-state index contributed by atoms with van der Waals surface area (Å²) in [5.74, 6) is 2.15. The van der Waals surface area contributed by atoms with Crippen molar-refractivity contribution in [2.75, 3.05) is 25.5 Å². The third-order valence-corrected chi connectivity index (χ3v) is 7.01. The number of thioether (sulfide) groups is 1. The van der Waals surface area contributed by atoms with Crippen LogP contribution in [-0.2, 0) is 22.6 Å². The molecule has 2 fully saturated rings. The van der Waals surface area contributed by atoms with Crippen LogP contribution in [0.15, 0.2) is 29.3 Å². The molecule has 176 valence electrons. The average Bonchev–Trinajstić information content (AvgIpc) is 2.78.